The van der Waals surface area contributed by atoms with Crippen molar-refractivity contribution in [2.24, 2.45) is 0 Å². The highest BCUT2D eigenvalue weighted by Gasteiger charge is 2.08. The lowest BCUT2D eigenvalue weighted by Crippen LogP contribution is -2.37. The van der Waals surface area contributed by atoms with Gasteiger partial charge in [-0.05, 0) is 42.7 Å². The summed E-state index contributed by atoms with van der Waals surface area (Å²) in [5, 5.41) is 5.43. The molecule has 0 aromatic heterocycles. The van der Waals surface area contributed by atoms with Gasteiger partial charge in [-0.3, -0.25) is 9.59 Å². The summed E-state index contributed by atoms with van der Waals surface area (Å²) in [6, 6.07) is 16.9. The molecule has 0 unspecified atom stereocenters. The van der Waals surface area contributed by atoms with Crippen molar-refractivity contribution in [3.05, 3.63) is 65.7 Å². The van der Waals surface area contributed by atoms with Gasteiger partial charge >= 0.3 is 0 Å². The van der Waals surface area contributed by atoms with E-state index in [-0.39, 0.29) is 18.4 Å². The van der Waals surface area contributed by atoms with Crippen LogP contribution in [-0.4, -0.2) is 31.5 Å². The largest absolute Gasteiger partial charge is 0.494 e. The third-order valence-corrected chi connectivity index (χ3v) is 3.87. The van der Waals surface area contributed by atoms with Crippen LogP contribution < -0.4 is 15.4 Å². The third-order valence-electron chi connectivity index (χ3n) is 3.87. The Labute approximate surface area is 154 Å². The molecule has 0 heterocycles. The highest BCUT2D eigenvalue weighted by molar-refractivity contribution is 5.96. The van der Waals surface area contributed by atoms with Gasteiger partial charge in [0.15, 0.2) is 0 Å². The molecule has 2 aromatic rings. The lowest BCUT2D eigenvalue weighted by molar-refractivity contribution is -0.120. The fraction of sp³-hybridized carbons (Fsp3) is 0.333. The molecule has 5 nitrogen and oxygen atoms in total. The van der Waals surface area contributed by atoms with E-state index in [0.29, 0.717) is 18.7 Å². The number of unbranched alkanes of at least 4 members (excludes halogenated alkanes) is 1. The number of ether oxygens (including phenoxy) is 1. The zero-order valence-corrected chi connectivity index (χ0v) is 15.2. The summed E-state index contributed by atoms with van der Waals surface area (Å²) >= 11 is 0. The van der Waals surface area contributed by atoms with Crippen LogP contribution in [0.4, 0.5) is 0 Å². The van der Waals surface area contributed by atoms with E-state index in [1.54, 1.807) is 24.3 Å². The molecule has 0 aliphatic heterocycles. The monoisotopic (exact) mass is 354 g/mol. The average Bonchev–Trinajstić information content (AvgIpc) is 2.68. The van der Waals surface area contributed by atoms with E-state index >= 15 is 0 Å². The van der Waals surface area contributed by atoms with Gasteiger partial charge in [0.2, 0.25) is 5.91 Å². The Morgan fingerprint density at radius 3 is 2.38 bits per heavy atom. The standard InChI is InChI=1S/C21H26N2O3/c1-2-3-15-26-19-11-9-18(10-12-19)21(25)23-16-20(24)22-14-13-17-7-5-4-6-8-17/h4-12H,2-3,13-16H2,1H3,(H,22,24)(H,23,25). The van der Waals surface area contributed by atoms with Crippen molar-refractivity contribution in [2.75, 3.05) is 19.7 Å². The maximum atomic E-state index is 12.1. The Balaban J connectivity index is 1.67. The van der Waals surface area contributed by atoms with Crippen molar-refractivity contribution in [2.45, 2.75) is 26.2 Å². The second-order valence-electron chi connectivity index (χ2n) is 5.99. The van der Waals surface area contributed by atoms with Gasteiger partial charge in [0.25, 0.3) is 5.91 Å². The van der Waals surface area contributed by atoms with Gasteiger partial charge in [0.1, 0.15) is 5.75 Å². The van der Waals surface area contributed by atoms with Gasteiger partial charge in [-0.25, -0.2) is 0 Å². The normalized spacial score (nSPS) is 10.2. The second kappa shape index (κ2) is 10.9. The molecule has 5 heteroatoms. The molecule has 138 valence electrons. The molecule has 0 atom stereocenters. The van der Waals surface area contributed by atoms with Crippen LogP contribution in [0.5, 0.6) is 5.75 Å². The number of hydrogen-bond donors (Lipinski definition) is 2. The summed E-state index contributed by atoms with van der Waals surface area (Å²) in [5.74, 6) is 0.269. The number of amides is 2. The molecule has 0 aliphatic carbocycles. The third kappa shape index (κ3) is 6.97. The first-order valence-electron chi connectivity index (χ1n) is 9.00. The fourth-order valence-electron chi connectivity index (χ4n) is 2.35. The summed E-state index contributed by atoms with van der Waals surface area (Å²) in [6.45, 7) is 3.28. The zero-order chi connectivity index (χ0) is 18.6. The molecule has 0 aliphatic rings. The molecule has 2 N–H and O–H groups in total. The molecule has 0 bridgehead atoms. The van der Waals surface area contributed by atoms with Gasteiger partial charge in [-0.2, -0.15) is 0 Å². The molecular weight excluding hydrogens is 328 g/mol. The number of carbonyl (C=O) groups is 2. The van der Waals surface area contributed by atoms with Crippen LogP contribution in [0.3, 0.4) is 0 Å². The number of carbonyl (C=O) groups excluding carboxylic acids is 2. The smallest absolute Gasteiger partial charge is 0.251 e. The van der Waals surface area contributed by atoms with Crippen molar-refractivity contribution >= 4 is 11.8 Å². The minimum absolute atomic E-state index is 0.0393. The van der Waals surface area contributed by atoms with Gasteiger partial charge in [0, 0.05) is 12.1 Å². The van der Waals surface area contributed by atoms with E-state index in [0.717, 1.165) is 30.6 Å². The number of hydrogen-bond acceptors (Lipinski definition) is 3. The summed E-state index contributed by atoms with van der Waals surface area (Å²) in [6.07, 6.45) is 2.84. The lowest BCUT2D eigenvalue weighted by Gasteiger charge is -2.08. The Kier molecular flexibility index (Phi) is 8.19. The summed E-state index contributed by atoms with van der Waals surface area (Å²) in [7, 11) is 0. The quantitative estimate of drug-likeness (QED) is 0.645. The predicted octanol–water partition coefficient (Wildman–Crippen LogP) is 2.95. The Hall–Kier alpha value is -2.82. The van der Waals surface area contributed by atoms with Gasteiger partial charge in [0.05, 0.1) is 13.2 Å². The van der Waals surface area contributed by atoms with Crippen LogP contribution in [0, 0.1) is 0 Å². The van der Waals surface area contributed by atoms with E-state index < -0.39 is 0 Å². The van der Waals surface area contributed by atoms with Gasteiger partial charge in [-0.1, -0.05) is 43.7 Å². The maximum Gasteiger partial charge on any atom is 0.251 e. The molecule has 26 heavy (non-hydrogen) atoms. The van der Waals surface area contributed by atoms with E-state index in [1.165, 1.54) is 0 Å². The van der Waals surface area contributed by atoms with Crippen molar-refractivity contribution in [1.29, 1.82) is 0 Å². The minimum atomic E-state index is -0.275. The van der Waals surface area contributed by atoms with Crippen LogP contribution in [0.25, 0.3) is 0 Å². The fourth-order valence-corrected chi connectivity index (χ4v) is 2.35. The molecular formula is C21H26N2O3. The Morgan fingerprint density at radius 2 is 1.69 bits per heavy atom. The summed E-state index contributed by atoms with van der Waals surface area (Å²) in [4.78, 5) is 23.9. The van der Waals surface area contributed by atoms with Crippen LogP contribution >= 0.6 is 0 Å². The average molecular weight is 354 g/mol. The van der Waals surface area contributed by atoms with Crippen LogP contribution in [0.2, 0.25) is 0 Å². The van der Waals surface area contributed by atoms with Crippen LogP contribution in [0.15, 0.2) is 54.6 Å². The topological polar surface area (TPSA) is 67.4 Å². The van der Waals surface area contributed by atoms with E-state index in [9.17, 15) is 9.59 Å². The second-order valence-corrected chi connectivity index (χ2v) is 5.99. The first-order chi connectivity index (χ1) is 12.7. The molecule has 0 spiro atoms. The maximum absolute atomic E-state index is 12.1. The van der Waals surface area contributed by atoms with Crippen LogP contribution in [-0.2, 0) is 11.2 Å². The first kappa shape index (κ1) is 19.5. The number of benzene rings is 2. The molecule has 0 saturated heterocycles. The molecule has 2 rings (SSSR count). The predicted molar refractivity (Wildman–Crippen MR) is 102 cm³/mol. The number of rotatable bonds is 10. The number of nitrogens with one attached hydrogen (secondary N) is 2. The SMILES string of the molecule is CCCCOc1ccc(C(=O)NCC(=O)NCCc2ccccc2)cc1. The Bertz CT molecular complexity index is 684. The molecule has 0 fully saturated rings. The molecule has 0 radical (unpaired) electrons. The van der Waals surface area contributed by atoms with E-state index in [4.69, 9.17) is 4.74 Å². The first-order valence-corrected chi connectivity index (χ1v) is 9.00. The molecule has 2 aromatic carbocycles. The summed E-state index contributed by atoms with van der Waals surface area (Å²) in [5.41, 5.74) is 1.67. The van der Waals surface area contributed by atoms with E-state index in [1.807, 2.05) is 30.3 Å². The van der Waals surface area contributed by atoms with Gasteiger partial charge < -0.3 is 15.4 Å². The molecule has 2 amide bonds. The minimum Gasteiger partial charge on any atom is -0.494 e. The van der Waals surface area contributed by atoms with Crippen LogP contribution in [0.1, 0.15) is 35.7 Å². The Morgan fingerprint density at radius 1 is 0.962 bits per heavy atom. The lowest BCUT2D eigenvalue weighted by atomic mass is 10.1. The highest BCUT2D eigenvalue weighted by Crippen LogP contribution is 2.12. The van der Waals surface area contributed by atoms with Crippen molar-refractivity contribution in [3.63, 3.8) is 0 Å². The van der Waals surface area contributed by atoms with Gasteiger partial charge in [-0.15, -0.1) is 0 Å². The summed E-state index contributed by atoms with van der Waals surface area (Å²) < 4.78 is 5.56. The zero-order valence-electron chi connectivity index (χ0n) is 15.2. The van der Waals surface area contributed by atoms with E-state index in [2.05, 4.69) is 17.6 Å². The van der Waals surface area contributed by atoms with Crippen molar-refractivity contribution in [1.82, 2.24) is 10.6 Å². The highest BCUT2D eigenvalue weighted by atomic mass is 16.5. The molecule has 0 saturated carbocycles. The van der Waals surface area contributed by atoms with Crippen molar-refractivity contribution < 1.29 is 14.3 Å². The van der Waals surface area contributed by atoms with Crippen molar-refractivity contribution in [3.8, 4) is 5.75 Å².